The molecular formula is C18H31P. The van der Waals surface area contributed by atoms with Crippen molar-refractivity contribution in [3.63, 3.8) is 0 Å². The number of rotatable bonds is 8. The van der Waals surface area contributed by atoms with Gasteiger partial charge in [0.2, 0.25) is 0 Å². The Bertz CT molecular complexity index is 382. The summed E-state index contributed by atoms with van der Waals surface area (Å²) >= 11 is 0. The lowest BCUT2D eigenvalue weighted by atomic mass is 10.1. The van der Waals surface area contributed by atoms with E-state index in [0.717, 1.165) is 0 Å². The lowest BCUT2D eigenvalue weighted by Crippen LogP contribution is -2.12. The smallest absolute Gasteiger partial charge is 0.0208 e. The fourth-order valence-corrected chi connectivity index (χ4v) is 5.41. The molecular weight excluding hydrogens is 247 g/mol. The average molecular weight is 278 g/mol. The highest BCUT2D eigenvalue weighted by Gasteiger charge is 2.14. The number of hydrogen-bond acceptors (Lipinski definition) is 0. The predicted octanol–water partition coefficient (Wildman–Crippen LogP) is 5.71. The first kappa shape index (κ1) is 16.7. The van der Waals surface area contributed by atoms with Gasteiger partial charge in [-0.05, 0) is 61.5 Å². The van der Waals surface area contributed by atoms with Crippen molar-refractivity contribution in [3.8, 4) is 0 Å². The largest absolute Gasteiger partial charge is 0.0750 e. The highest BCUT2D eigenvalue weighted by atomic mass is 31.1. The molecule has 0 bridgehead atoms. The van der Waals surface area contributed by atoms with Crippen molar-refractivity contribution < 1.29 is 0 Å². The van der Waals surface area contributed by atoms with E-state index in [4.69, 9.17) is 0 Å². The van der Waals surface area contributed by atoms with Crippen LogP contribution in [-0.2, 0) is 0 Å². The van der Waals surface area contributed by atoms with Gasteiger partial charge in [0.1, 0.15) is 0 Å². The minimum absolute atomic E-state index is 0.0781. The molecule has 0 amide bonds. The Hall–Kier alpha value is -0.350. The van der Waals surface area contributed by atoms with E-state index in [1.807, 2.05) is 0 Å². The minimum atomic E-state index is 0.0781. The highest BCUT2D eigenvalue weighted by Crippen LogP contribution is 2.38. The Morgan fingerprint density at radius 1 is 0.789 bits per heavy atom. The van der Waals surface area contributed by atoms with Gasteiger partial charge in [-0.15, -0.1) is 0 Å². The second-order valence-electron chi connectivity index (χ2n) is 5.70. The van der Waals surface area contributed by atoms with Gasteiger partial charge in [0, 0.05) is 0 Å². The summed E-state index contributed by atoms with van der Waals surface area (Å²) in [6, 6.07) is 4.74. The topological polar surface area (TPSA) is 0 Å². The first-order valence-corrected chi connectivity index (χ1v) is 9.64. The van der Waals surface area contributed by atoms with Crippen molar-refractivity contribution in [2.45, 2.75) is 66.7 Å². The molecule has 0 fully saturated rings. The number of hydrogen-bond donors (Lipinski definition) is 0. The summed E-state index contributed by atoms with van der Waals surface area (Å²) in [7, 11) is 0.0781. The molecule has 0 N–H and O–H groups in total. The van der Waals surface area contributed by atoms with Crippen LogP contribution in [0.25, 0.3) is 0 Å². The van der Waals surface area contributed by atoms with E-state index in [1.165, 1.54) is 55.6 Å². The summed E-state index contributed by atoms with van der Waals surface area (Å²) in [6.45, 7) is 11.5. The van der Waals surface area contributed by atoms with Crippen LogP contribution < -0.4 is 5.30 Å². The Labute approximate surface area is 121 Å². The van der Waals surface area contributed by atoms with E-state index in [2.05, 4.69) is 46.8 Å². The number of benzene rings is 1. The molecule has 1 unspecified atom stereocenters. The van der Waals surface area contributed by atoms with Gasteiger partial charge in [-0.2, -0.15) is 0 Å². The van der Waals surface area contributed by atoms with Crippen LogP contribution in [-0.4, -0.2) is 12.3 Å². The molecule has 0 aliphatic rings. The standard InChI is InChI=1S/C18H31P/c1-6-8-9-10-14-19(13-7-2)18-12-11-15(3)16(4)17(18)5/h11-12H,6-10,13-14H2,1-5H3. The molecule has 0 saturated heterocycles. The van der Waals surface area contributed by atoms with Crippen molar-refractivity contribution in [1.29, 1.82) is 0 Å². The molecule has 108 valence electrons. The monoisotopic (exact) mass is 278 g/mol. The molecule has 0 aromatic heterocycles. The molecule has 1 aromatic carbocycles. The summed E-state index contributed by atoms with van der Waals surface area (Å²) in [5.74, 6) is 0. The summed E-state index contributed by atoms with van der Waals surface area (Å²) in [5, 5.41) is 1.68. The van der Waals surface area contributed by atoms with Crippen LogP contribution in [0.15, 0.2) is 12.1 Å². The summed E-state index contributed by atoms with van der Waals surface area (Å²) < 4.78 is 0. The zero-order valence-electron chi connectivity index (χ0n) is 13.6. The maximum absolute atomic E-state index is 2.42. The molecule has 0 spiro atoms. The Morgan fingerprint density at radius 3 is 2.16 bits per heavy atom. The fourth-order valence-electron chi connectivity index (χ4n) is 2.64. The molecule has 0 heterocycles. The average Bonchev–Trinajstić information content (AvgIpc) is 2.40. The van der Waals surface area contributed by atoms with E-state index in [-0.39, 0.29) is 7.92 Å². The fraction of sp³-hybridized carbons (Fsp3) is 0.667. The first-order valence-electron chi connectivity index (χ1n) is 7.93. The van der Waals surface area contributed by atoms with Crippen LogP contribution in [0.2, 0.25) is 0 Å². The molecule has 0 aliphatic heterocycles. The van der Waals surface area contributed by atoms with Crippen LogP contribution in [0.3, 0.4) is 0 Å². The summed E-state index contributed by atoms with van der Waals surface area (Å²) in [6.07, 6.45) is 9.76. The maximum Gasteiger partial charge on any atom is -0.0208 e. The van der Waals surface area contributed by atoms with Gasteiger partial charge in [-0.3, -0.25) is 0 Å². The third-order valence-corrected chi connectivity index (χ3v) is 7.15. The molecule has 0 aliphatic carbocycles. The third-order valence-electron chi connectivity index (χ3n) is 4.15. The quantitative estimate of drug-likeness (QED) is 0.422. The molecule has 1 atom stereocenters. The van der Waals surface area contributed by atoms with Crippen molar-refractivity contribution in [3.05, 3.63) is 28.8 Å². The minimum Gasteiger partial charge on any atom is -0.0750 e. The van der Waals surface area contributed by atoms with Crippen LogP contribution in [0.1, 0.15) is 62.6 Å². The molecule has 19 heavy (non-hydrogen) atoms. The van der Waals surface area contributed by atoms with Gasteiger partial charge in [0.15, 0.2) is 0 Å². The second-order valence-corrected chi connectivity index (χ2v) is 8.16. The lowest BCUT2D eigenvalue weighted by Gasteiger charge is -2.21. The first-order chi connectivity index (χ1) is 9.11. The molecule has 1 aromatic rings. The van der Waals surface area contributed by atoms with Gasteiger partial charge >= 0.3 is 0 Å². The zero-order valence-corrected chi connectivity index (χ0v) is 14.4. The Balaban J connectivity index is 2.78. The van der Waals surface area contributed by atoms with Gasteiger partial charge < -0.3 is 0 Å². The molecule has 0 saturated carbocycles. The molecule has 1 heteroatoms. The van der Waals surface area contributed by atoms with Crippen molar-refractivity contribution in [1.82, 2.24) is 0 Å². The van der Waals surface area contributed by atoms with E-state index >= 15 is 0 Å². The normalized spacial score (nSPS) is 12.7. The van der Waals surface area contributed by atoms with E-state index in [9.17, 15) is 0 Å². The molecule has 1 rings (SSSR count). The Morgan fingerprint density at radius 2 is 1.53 bits per heavy atom. The van der Waals surface area contributed by atoms with Crippen LogP contribution in [0.5, 0.6) is 0 Å². The van der Waals surface area contributed by atoms with Crippen LogP contribution in [0, 0.1) is 20.8 Å². The number of unbranched alkanes of at least 4 members (excludes halogenated alkanes) is 3. The molecule has 0 nitrogen and oxygen atoms in total. The van der Waals surface area contributed by atoms with E-state index in [1.54, 1.807) is 10.9 Å². The maximum atomic E-state index is 2.42. The highest BCUT2D eigenvalue weighted by molar-refractivity contribution is 7.65. The number of aryl methyl sites for hydroxylation is 1. The summed E-state index contributed by atoms with van der Waals surface area (Å²) in [4.78, 5) is 0. The summed E-state index contributed by atoms with van der Waals surface area (Å²) in [5.41, 5.74) is 4.52. The SMILES string of the molecule is CCCCCCP(CCC)c1ccc(C)c(C)c1C. The zero-order chi connectivity index (χ0) is 14.3. The molecule has 0 radical (unpaired) electrons. The van der Waals surface area contributed by atoms with Gasteiger partial charge in [0.05, 0.1) is 0 Å². The van der Waals surface area contributed by atoms with Crippen molar-refractivity contribution >= 4 is 13.2 Å². The Kier molecular flexibility index (Phi) is 7.69. The van der Waals surface area contributed by atoms with E-state index < -0.39 is 0 Å². The van der Waals surface area contributed by atoms with Gasteiger partial charge in [-0.25, -0.2) is 0 Å². The predicted molar refractivity (Wildman–Crippen MR) is 91.4 cm³/mol. The van der Waals surface area contributed by atoms with Crippen molar-refractivity contribution in [2.75, 3.05) is 12.3 Å². The van der Waals surface area contributed by atoms with Crippen molar-refractivity contribution in [2.24, 2.45) is 0 Å². The van der Waals surface area contributed by atoms with Crippen LogP contribution in [0.4, 0.5) is 0 Å². The second kappa shape index (κ2) is 8.75. The van der Waals surface area contributed by atoms with Gasteiger partial charge in [-0.1, -0.05) is 59.6 Å². The van der Waals surface area contributed by atoms with Crippen LogP contribution >= 0.6 is 7.92 Å². The lowest BCUT2D eigenvalue weighted by molar-refractivity contribution is 0.705. The third kappa shape index (κ3) is 4.92. The van der Waals surface area contributed by atoms with E-state index in [0.29, 0.717) is 0 Å². The van der Waals surface area contributed by atoms with Gasteiger partial charge in [0.25, 0.3) is 0 Å².